The van der Waals surface area contributed by atoms with Crippen molar-refractivity contribution in [1.82, 2.24) is 10.6 Å². The molecule has 7 heteroatoms. The van der Waals surface area contributed by atoms with Crippen LogP contribution in [0, 0.1) is 0 Å². The number of ether oxygens (including phenoxy) is 1. The standard InChI is InChI=1S/C10H20N2O4S/c1-16-5-4-11-8-10(13)12-9-2-6-17(14,15)7-3-9/h9,11H,2-8H2,1H3,(H,12,13). The third-order valence-corrected chi connectivity index (χ3v) is 4.40. The minimum atomic E-state index is -2.86. The molecule has 6 nitrogen and oxygen atoms in total. The molecule has 0 aromatic heterocycles. The van der Waals surface area contributed by atoms with E-state index in [-0.39, 0.29) is 30.0 Å². The highest BCUT2D eigenvalue weighted by molar-refractivity contribution is 7.91. The van der Waals surface area contributed by atoms with Crippen LogP contribution in [0.5, 0.6) is 0 Å². The van der Waals surface area contributed by atoms with Gasteiger partial charge in [-0.3, -0.25) is 4.79 Å². The number of methoxy groups -OCH3 is 1. The SMILES string of the molecule is COCCNCC(=O)NC1CCS(=O)(=O)CC1. The third kappa shape index (κ3) is 5.99. The second-order valence-electron chi connectivity index (χ2n) is 4.16. The smallest absolute Gasteiger partial charge is 0.234 e. The van der Waals surface area contributed by atoms with Crippen molar-refractivity contribution in [3.05, 3.63) is 0 Å². The van der Waals surface area contributed by atoms with Gasteiger partial charge >= 0.3 is 0 Å². The number of carbonyl (C=O) groups is 1. The molecule has 1 fully saturated rings. The summed E-state index contributed by atoms with van der Waals surface area (Å²) in [6.07, 6.45) is 1.04. The maximum absolute atomic E-state index is 11.5. The van der Waals surface area contributed by atoms with Crippen LogP contribution in [0.2, 0.25) is 0 Å². The number of carbonyl (C=O) groups excluding carboxylic acids is 1. The second kappa shape index (κ2) is 6.93. The van der Waals surface area contributed by atoms with Crippen molar-refractivity contribution in [2.24, 2.45) is 0 Å². The number of sulfone groups is 1. The molecular weight excluding hydrogens is 244 g/mol. The molecule has 17 heavy (non-hydrogen) atoms. The summed E-state index contributed by atoms with van der Waals surface area (Å²) in [5.74, 6) is 0.259. The topological polar surface area (TPSA) is 84.5 Å². The van der Waals surface area contributed by atoms with E-state index in [0.29, 0.717) is 26.0 Å². The average molecular weight is 264 g/mol. The summed E-state index contributed by atoms with van der Waals surface area (Å²) >= 11 is 0. The molecule has 0 saturated carbocycles. The van der Waals surface area contributed by atoms with E-state index in [1.807, 2.05) is 0 Å². The fourth-order valence-electron chi connectivity index (χ4n) is 1.69. The molecular formula is C10H20N2O4S. The fourth-order valence-corrected chi connectivity index (χ4v) is 3.18. The van der Waals surface area contributed by atoms with Crippen LogP contribution >= 0.6 is 0 Å². The van der Waals surface area contributed by atoms with Gasteiger partial charge in [-0.05, 0) is 12.8 Å². The van der Waals surface area contributed by atoms with E-state index in [4.69, 9.17) is 4.74 Å². The molecule has 1 heterocycles. The number of hydrogen-bond acceptors (Lipinski definition) is 5. The van der Waals surface area contributed by atoms with Crippen LogP contribution in [-0.2, 0) is 19.4 Å². The maximum atomic E-state index is 11.5. The molecule has 1 rings (SSSR count). The Labute approximate surface area is 102 Å². The zero-order chi connectivity index (χ0) is 12.7. The molecule has 1 amide bonds. The maximum Gasteiger partial charge on any atom is 0.234 e. The summed E-state index contributed by atoms with van der Waals surface area (Å²) in [6, 6.07) is -0.00440. The lowest BCUT2D eigenvalue weighted by atomic mass is 10.1. The van der Waals surface area contributed by atoms with Crippen molar-refractivity contribution in [3.63, 3.8) is 0 Å². The Morgan fingerprint density at radius 2 is 2.00 bits per heavy atom. The van der Waals surface area contributed by atoms with Crippen molar-refractivity contribution in [2.45, 2.75) is 18.9 Å². The van der Waals surface area contributed by atoms with E-state index in [9.17, 15) is 13.2 Å². The normalized spacial score (nSPS) is 20.1. The largest absolute Gasteiger partial charge is 0.383 e. The molecule has 0 unspecified atom stereocenters. The molecule has 1 saturated heterocycles. The van der Waals surface area contributed by atoms with E-state index in [2.05, 4.69) is 10.6 Å². The quantitative estimate of drug-likeness (QED) is 0.596. The fraction of sp³-hybridized carbons (Fsp3) is 0.900. The second-order valence-corrected chi connectivity index (χ2v) is 6.47. The first-order valence-corrected chi connectivity index (χ1v) is 7.55. The summed E-state index contributed by atoms with van der Waals surface area (Å²) in [5, 5.41) is 5.76. The Morgan fingerprint density at radius 3 is 2.59 bits per heavy atom. The van der Waals surface area contributed by atoms with Gasteiger partial charge in [-0.15, -0.1) is 0 Å². The number of amides is 1. The van der Waals surface area contributed by atoms with Crippen molar-refractivity contribution in [3.8, 4) is 0 Å². The molecule has 0 radical (unpaired) electrons. The highest BCUT2D eigenvalue weighted by Gasteiger charge is 2.24. The van der Waals surface area contributed by atoms with Crippen molar-refractivity contribution in [2.75, 3.05) is 38.3 Å². The summed E-state index contributed by atoms with van der Waals surface area (Å²) < 4.78 is 27.2. The molecule has 0 aromatic carbocycles. The van der Waals surface area contributed by atoms with Gasteiger partial charge in [0.05, 0.1) is 24.7 Å². The Balaban J connectivity index is 2.15. The molecule has 0 spiro atoms. The summed E-state index contributed by atoms with van der Waals surface area (Å²) in [5.41, 5.74) is 0. The number of hydrogen-bond donors (Lipinski definition) is 2. The number of nitrogens with one attached hydrogen (secondary N) is 2. The van der Waals surface area contributed by atoms with Gasteiger partial charge in [0.1, 0.15) is 9.84 Å². The molecule has 100 valence electrons. The Bertz CT molecular complexity index is 328. The van der Waals surface area contributed by atoms with Crippen LogP contribution in [0.25, 0.3) is 0 Å². The van der Waals surface area contributed by atoms with Gasteiger partial charge in [0.2, 0.25) is 5.91 Å². The lowest BCUT2D eigenvalue weighted by Crippen LogP contribution is -2.44. The van der Waals surface area contributed by atoms with Crippen molar-refractivity contribution < 1.29 is 17.9 Å². The monoisotopic (exact) mass is 264 g/mol. The zero-order valence-electron chi connectivity index (χ0n) is 10.1. The van der Waals surface area contributed by atoms with Crippen LogP contribution in [0.4, 0.5) is 0 Å². The minimum absolute atomic E-state index is 0.00440. The van der Waals surface area contributed by atoms with E-state index in [0.717, 1.165) is 0 Å². The minimum Gasteiger partial charge on any atom is -0.383 e. The molecule has 0 aliphatic carbocycles. The predicted molar refractivity (Wildman–Crippen MR) is 64.6 cm³/mol. The van der Waals surface area contributed by atoms with Gasteiger partial charge < -0.3 is 15.4 Å². The van der Waals surface area contributed by atoms with Crippen molar-refractivity contribution in [1.29, 1.82) is 0 Å². The van der Waals surface area contributed by atoms with Crippen molar-refractivity contribution >= 4 is 15.7 Å². The van der Waals surface area contributed by atoms with Gasteiger partial charge in [-0.2, -0.15) is 0 Å². The lowest BCUT2D eigenvalue weighted by molar-refractivity contribution is -0.121. The van der Waals surface area contributed by atoms with Crippen LogP contribution in [-0.4, -0.2) is 58.7 Å². The average Bonchev–Trinajstić information content (AvgIpc) is 2.28. The molecule has 0 atom stereocenters. The Hall–Kier alpha value is -0.660. The molecule has 1 aliphatic rings. The molecule has 0 bridgehead atoms. The summed E-state index contributed by atoms with van der Waals surface area (Å²) in [6.45, 7) is 1.44. The van der Waals surface area contributed by atoms with Gasteiger partial charge in [-0.1, -0.05) is 0 Å². The third-order valence-electron chi connectivity index (χ3n) is 2.69. The predicted octanol–water partition coefficient (Wildman–Crippen LogP) is -1.08. The first-order chi connectivity index (χ1) is 8.03. The van der Waals surface area contributed by atoms with E-state index < -0.39 is 9.84 Å². The van der Waals surface area contributed by atoms with E-state index in [1.54, 1.807) is 7.11 Å². The Morgan fingerprint density at radius 1 is 1.35 bits per heavy atom. The van der Waals surface area contributed by atoms with E-state index >= 15 is 0 Å². The van der Waals surface area contributed by atoms with Gasteiger partial charge in [0.25, 0.3) is 0 Å². The molecule has 2 N–H and O–H groups in total. The van der Waals surface area contributed by atoms with E-state index in [1.165, 1.54) is 0 Å². The van der Waals surface area contributed by atoms with Crippen LogP contribution in [0.3, 0.4) is 0 Å². The van der Waals surface area contributed by atoms with Gasteiger partial charge in [0.15, 0.2) is 0 Å². The van der Waals surface area contributed by atoms with Crippen LogP contribution < -0.4 is 10.6 Å². The lowest BCUT2D eigenvalue weighted by Gasteiger charge is -2.23. The first-order valence-electron chi connectivity index (χ1n) is 5.73. The number of rotatable bonds is 6. The van der Waals surface area contributed by atoms with Crippen LogP contribution in [0.1, 0.15) is 12.8 Å². The molecule has 1 aliphatic heterocycles. The Kier molecular flexibility index (Phi) is 5.87. The van der Waals surface area contributed by atoms with Crippen LogP contribution in [0.15, 0.2) is 0 Å². The van der Waals surface area contributed by atoms with Gasteiger partial charge in [-0.25, -0.2) is 8.42 Å². The summed E-state index contributed by atoms with van der Waals surface area (Å²) in [4.78, 5) is 11.5. The highest BCUT2D eigenvalue weighted by Crippen LogP contribution is 2.11. The first kappa shape index (κ1) is 14.4. The highest BCUT2D eigenvalue weighted by atomic mass is 32.2. The summed E-state index contributed by atoms with van der Waals surface area (Å²) in [7, 11) is -1.26. The molecule has 0 aromatic rings. The van der Waals surface area contributed by atoms with Gasteiger partial charge in [0, 0.05) is 19.7 Å². The zero-order valence-corrected chi connectivity index (χ0v) is 10.9.